The van der Waals surface area contributed by atoms with E-state index in [9.17, 15) is 25.1 Å². The minimum atomic E-state index is -1.71. The van der Waals surface area contributed by atoms with Gasteiger partial charge in [0.15, 0.2) is 28.5 Å². The Bertz CT molecular complexity index is 2730. The third kappa shape index (κ3) is 4.73. The maximum atomic E-state index is 15.2. The normalized spacial score (nSPS) is 31.5. The molecular formula is C44H43N5O11S. The van der Waals surface area contributed by atoms with Crippen LogP contribution in [-0.4, -0.2) is 100 Å². The standard InChI is InChI=1S/C44H43N5O11S/c1-18-9-24-28(33(51)34(18)56-6)31-32-38-30-29(37-36(58-17-59-37)19(2)35(30)60-20(3)50)27(49(32)43(14-45)13-42(24,4)48(31)15-43)12-57-41(54)44(16-61-38)39-23(11-26(47-44)40(52)53)22-10-21(55-5)7-8-25(22)46-39/h7-10,26-27,31-32,38,46-47,51H,11-13,15-17H2,1-6H3,(H,52,53)/t26-,27+,31-,32-,38-,42?,43-,44-/m1/s1. The predicted molar refractivity (Wildman–Crippen MR) is 217 cm³/mol. The second kappa shape index (κ2) is 12.7. The Morgan fingerprint density at radius 3 is 2.57 bits per heavy atom. The maximum absolute atomic E-state index is 15.2. The molecule has 17 heteroatoms. The lowest BCUT2D eigenvalue weighted by Gasteiger charge is -2.58. The molecule has 1 unspecified atom stereocenters. The lowest BCUT2D eigenvalue weighted by molar-refractivity contribution is -0.158. The van der Waals surface area contributed by atoms with E-state index in [4.69, 9.17) is 28.4 Å². The lowest BCUT2D eigenvalue weighted by Crippen LogP contribution is -2.67. The number of aromatic hydroxyl groups is 1. The van der Waals surface area contributed by atoms with Gasteiger partial charge >= 0.3 is 17.9 Å². The number of carbonyl (C=O) groups is 3. The molecule has 0 aliphatic carbocycles. The van der Waals surface area contributed by atoms with Gasteiger partial charge in [-0.25, -0.2) is 4.79 Å². The number of methoxy groups -OCH3 is 2. The van der Waals surface area contributed by atoms with Gasteiger partial charge in [-0.05, 0) is 61.7 Å². The Balaban J connectivity index is 1.20. The number of phenolic OH excluding ortho intramolecular Hbond substituents is 1. The number of aliphatic carboxylic acids is 1. The average Bonchev–Trinajstić information content (AvgIpc) is 3.99. The number of aryl methyl sites for hydroxylation is 1. The van der Waals surface area contributed by atoms with E-state index >= 15 is 4.79 Å². The first-order valence-electron chi connectivity index (χ1n) is 20.2. The first-order valence-corrected chi connectivity index (χ1v) is 21.3. The van der Waals surface area contributed by atoms with Crippen molar-refractivity contribution in [2.75, 3.05) is 39.9 Å². The smallest absolute Gasteiger partial charge is 0.333 e. The molecule has 1 aromatic heterocycles. The number of piperazine rings is 1. The predicted octanol–water partition coefficient (Wildman–Crippen LogP) is 4.66. The molecule has 4 N–H and O–H groups in total. The number of ether oxygens (including phenoxy) is 6. The summed E-state index contributed by atoms with van der Waals surface area (Å²) in [5.74, 6) is -0.406. The van der Waals surface area contributed by atoms with Crippen LogP contribution in [-0.2, 0) is 36.6 Å². The zero-order valence-electron chi connectivity index (χ0n) is 34.3. The summed E-state index contributed by atoms with van der Waals surface area (Å²) in [6.45, 7) is 7.07. The highest BCUT2D eigenvalue weighted by Gasteiger charge is 2.72. The van der Waals surface area contributed by atoms with Crippen molar-refractivity contribution in [3.05, 3.63) is 68.9 Å². The largest absolute Gasteiger partial charge is 0.504 e. The van der Waals surface area contributed by atoms with E-state index in [0.717, 1.165) is 16.5 Å². The van der Waals surface area contributed by atoms with Crippen LogP contribution in [0.4, 0.5) is 0 Å². The van der Waals surface area contributed by atoms with Gasteiger partial charge in [-0.2, -0.15) is 5.26 Å². The van der Waals surface area contributed by atoms with Crippen molar-refractivity contribution in [1.82, 2.24) is 20.1 Å². The third-order valence-corrected chi connectivity index (χ3v) is 15.9. The molecule has 3 aromatic carbocycles. The molecule has 0 radical (unpaired) electrons. The Labute approximate surface area is 353 Å². The third-order valence-electron chi connectivity index (χ3n) is 14.4. The number of esters is 2. The van der Waals surface area contributed by atoms with Crippen LogP contribution in [0.3, 0.4) is 0 Å². The molecule has 9 heterocycles. The summed E-state index contributed by atoms with van der Waals surface area (Å²) in [5, 5.41) is 37.7. The second-order valence-corrected chi connectivity index (χ2v) is 18.6. The molecule has 16 nitrogen and oxygen atoms in total. The Kier molecular flexibility index (Phi) is 7.96. The van der Waals surface area contributed by atoms with Gasteiger partial charge in [0.25, 0.3) is 0 Å². The number of aromatic amines is 1. The van der Waals surface area contributed by atoms with Crippen molar-refractivity contribution in [3.8, 4) is 40.6 Å². The van der Waals surface area contributed by atoms with Gasteiger partial charge in [0.05, 0.1) is 43.3 Å². The number of nitrogens with zero attached hydrogens (tertiary/aromatic N) is 3. The summed E-state index contributed by atoms with van der Waals surface area (Å²) in [6, 6.07) is 7.09. The SMILES string of the molecule is COc1ccc2[nH]c3c(c2c1)C[C@H](C(=O)O)N[C@]31CS[C@@H]2c3c(OC(C)=O)c(C)c4c(c3[C@H](COC1=O)N1[C@@H]2[C@H]2c3c(cc(C)c(OC)c3O)C3(C)C[C@@]1(C#N)CN23)OCO4. The lowest BCUT2D eigenvalue weighted by atomic mass is 9.72. The zero-order chi connectivity index (χ0) is 42.7. The number of nitriles is 1. The Morgan fingerprint density at radius 2 is 1.85 bits per heavy atom. The molecule has 4 bridgehead atoms. The molecule has 316 valence electrons. The summed E-state index contributed by atoms with van der Waals surface area (Å²) >= 11 is 1.38. The number of carboxylic acids is 1. The van der Waals surface area contributed by atoms with Gasteiger partial charge in [0, 0.05) is 76.8 Å². The summed E-state index contributed by atoms with van der Waals surface area (Å²) in [6.07, 6.45) is 0.453. The number of hydrogen-bond donors (Lipinski definition) is 4. The van der Waals surface area contributed by atoms with Crippen LogP contribution in [0.1, 0.15) is 82.2 Å². The van der Waals surface area contributed by atoms with E-state index in [1.165, 1.54) is 25.8 Å². The van der Waals surface area contributed by atoms with Crippen LogP contribution in [0.25, 0.3) is 10.9 Å². The fourth-order valence-corrected chi connectivity index (χ4v) is 13.7. The number of nitrogens with one attached hydrogen (secondary N) is 2. The number of benzene rings is 3. The van der Waals surface area contributed by atoms with Gasteiger partial charge in [0.2, 0.25) is 6.79 Å². The molecule has 3 fully saturated rings. The Morgan fingerprint density at radius 1 is 1.07 bits per heavy atom. The topological polar surface area (TPSA) is 205 Å². The fraction of sp³-hybridized carbons (Fsp3) is 0.455. The maximum Gasteiger partial charge on any atom is 0.333 e. The molecule has 8 atom stereocenters. The summed E-state index contributed by atoms with van der Waals surface area (Å²) in [4.78, 5) is 49.3. The number of rotatable bonds is 4. The highest BCUT2D eigenvalue weighted by atomic mass is 32.2. The van der Waals surface area contributed by atoms with Crippen molar-refractivity contribution in [2.45, 2.75) is 86.6 Å². The minimum absolute atomic E-state index is 0.0158. The van der Waals surface area contributed by atoms with Crippen LogP contribution < -0.4 is 29.0 Å². The second-order valence-electron chi connectivity index (χ2n) is 17.4. The van der Waals surface area contributed by atoms with E-state index in [-0.39, 0.29) is 37.1 Å². The van der Waals surface area contributed by atoms with Crippen LogP contribution in [0.15, 0.2) is 24.3 Å². The molecule has 8 aliphatic rings. The minimum Gasteiger partial charge on any atom is -0.504 e. The van der Waals surface area contributed by atoms with E-state index in [1.54, 1.807) is 20.1 Å². The van der Waals surface area contributed by atoms with Gasteiger partial charge in [-0.3, -0.25) is 24.7 Å². The number of carbonyl (C=O) groups excluding carboxylic acids is 2. The number of fused-ring (bicyclic) bond motifs is 11. The number of hydrogen-bond acceptors (Lipinski definition) is 15. The van der Waals surface area contributed by atoms with Crippen molar-refractivity contribution in [3.63, 3.8) is 0 Å². The molecule has 61 heavy (non-hydrogen) atoms. The molecule has 4 aromatic rings. The number of carboxylic acid groups (broad SMARTS) is 1. The van der Waals surface area contributed by atoms with Crippen molar-refractivity contribution < 1.29 is 53.0 Å². The van der Waals surface area contributed by atoms with Gasteiger partial charge in [-0.15, -0.1) is 11.8 Å². The van der Waals surface area contributed by atoms with Gasteiger partial charge in [0.1, 0.15) is 29.7 Å². The first-order chi connectivity index (χ1) is 29.2. The summed E-state index contributed by atoms with van der Waals surface area (Å²) in [5.41, 5.74) is 2.41. The van der Waals surface area contributed by atoms with Crippen LogP contribution >= 0.6 is 11.8 Å². The Hall–Kier alpha value is -5.67. The van der Waals surface area contributed by atoms with E-state index in [1.807, 2.05) is 19.1 Å². The highest BCUT2D eigenvalue weighted by molar-refractivity contribution is 7.99. The van der Waals surface area contributed by atoms with Crippen LogP contribution in [0.2, 0.25) is 0 Å². The molecule has 3 saturated heterocycles. The number of aromatic nitrogens is 1. The van der Waals surface area contributed by atoms with E-state index in [0.29, 0.717) is 75.0 Å². The molecule has 8 aliphatic heterocycles. The zero-order valence-corrected chi connectivity index (χ0v) is 35.1. The highest BCUT2D eigenvalue weighted by Crippen LogP contribution is 2.71. The van der Waals surface area contributed by atoms with Crippen molar-refractivity contribution in [2.24, 2.45) is 0 Å². The molecule has 0 saturated carbocycles. The summed E-state index contributed by atoms with van der Waals surface area (Å²) in [7, 11) is 3.08. The van der Waals surface area contributed by atoms with Crippen molar-refractivity contribution in [1.29, 1.82) is 5.26 Å². The molecule has 0 amide bonds. The molecular weight excluding hydrogens is 807 g/mol. The number of H-pyrrole nitrogens is 1. The van der Waals surface area contributed by atoms with Crippen molar-refractivity contribution >= 4 is 40.6 Å². The average molecular weight is 850 g/mol. The molecule has 12 rings (SSSR count). The monoisotopic (exact) mass is 849 g/mol. The van der Waals surface area contributed by atoms with E-state index in [2.05, 4.69) is 39.2 Å². The quantitative estimate of drug-likeness (QED) is 0.163. The van der Waals surface area contributed by atoms with Crippen LogP contribution in [0, 0.1) is 25.2 Å². The van der Waals surface area contributed by atoms with Gasteiger partial charge in [-0.1, -0.05) is 0 Å². The van der Waals surface area contributed by atoms with E-state index < -0.39 is 63.9 Å². The summed E-state index contributed by atoms with van der Waals surface area (Å²) < 4.78 is 36.4. The fourth-order valence-electron chi connectivity index (χ4n) is 12.1. The number of thioether (sulfide) groups is 1. The van der Waals surface area contributed by atoms with Crippen LogP contribution in [0.5, 0.6) is 34.5 Å². The van der Waals surface area contributed by atoms with Gasteiger partial charge < -0.3 is 43.6 Å². The first kappa shape index (κ1) is 38.3. The number of phenols is 1. The molecule has 1 spiro atoms.